The van der Waals surface area contributed by atoms with Crippen LogP contribution in [0, 0.1) is 0 Å². The Morgan fingerprint density at radius 2 is 1.84 bits per heavy atom. The lowest BCUT2D eigenvalue weighted by molar-refractivity contribution is 0.0697. The van der Waals surface area contributed by atoms with Crippen LogP contribution in [0.3, 0.4) is 0 Å². The second kappa shape index (κ2) is 6.45. The van der Waals surface area contributed by atoms with Gasteiger partial charge < -0.3 is 10.0 Å². The number of carboxylic acid groups (broad SMARTS) is 1. The quantitative estimate of drug-likeness (QED) is 0.868. The summed E-state index contributed by atoms with van der Waals surface area (Å²) in [4.78, 5) is 18.6. The molecule has 1 N–H and O–H groups in total. The summed E-state index contributed by atoms with van der Waals surface area (Å²) in [6, 6.07) is 9.71. The number of hydrogen-bond acceptors (Lipinski definition) is 3. The fourth-order valence-corrected chi connectivity index (χ4v) is 3.92. The maximum atomic E-state index is 11.5. The predicted octanol–water partition coefficient (Wildman–Crippen LogP) is 3.41. The zero-order chi connectivity index (χ0) is 17.4. The maximum absolute atomic E-state index is 11.5. The van der Waals surface area contributed by atoms with Crippen molar-refractivity contribution in [1.29, 1.82) is 0 Å². The molecule has 0 atom stereocenters. The van der Waals surface area contributed by atoms with Crippen molar-refractivity contribution in [3.8, 4) is 0 Å². The van der Waals surface area contributed by atoms with E-state index in [1.54, 1.807) is 6.07 Å². The topological polar surface area (TPSA) is 53.4 Å². The minimum Gasteiger partial charge on any atom is -0.478 e. The number of pyridine rings is 1. The number of piperidine rings is 1. The second-order valence-corrected chi connectivity index (χ2v) is 6.97. The van der Waals surface area contributed by atoms with E-state index in [-0.39, 0.29) is 0 Å². The number of nitrogens with zero attached hydrogens (tertiary/aromatic N) is 2. The van der Waals surface area contributed by atoms with Crippen LogP contribution in [0.5, 0.6) is 0 Å². The third-order valence-electron chi connectivity index (χ3n) is 5.36. The molecule has 128 valence electrons. The first kappa shape index (κ1) is 16.0. The molecule has 4 heteroatoms. The van der Waals surface area contributed by atoms with Crippen LogP contribution in [0.15, 0.2) is 42.1 Å². The summed E-state index contributed by atoms with van der Waals surface area (Å²) in [5.41, 5.74) is 7.54. The van der Waals surface area contributed by atoms with Crippen molar-refractivity contribution in [2.24, 2.45) is 0 Å². The van der Waals surface area contributed by atoms with Gasteiger partial charge in [0.25, 0.3) is 0 Å². The molecule has 0 saturated carbocycles. The molecule has 1 saturated heterocycles. The number of hydrogen-bond donors (Lipinski definition) is 1. The molecule has 0 bridgehead atoms. The Bertz CT molecular complexity index is 860. The van der Waals surface area contributed by atoms with Crippen LogP contribution < -0.4 is 0 Å². The molecule has 2 aliphatic rings. The fraction of sp³-hybridized carbons (Fsp3) is 0.333. The highest BCUT2D eigenvalue weighted by Crippen LogP contribution is 2.37. The van der Waals surface area contributed by atoms with Gasteiger partial charge >= 0.3 is 5.97 Å². The number of aromatic nitrogens is 1. The van der Waals surface area contributed by atoms with Crippen LogP contribution in [-0.2, 0) is 12.8 Å². The van der Waals surface area contributed by atoms with E-state index in [2.05, 4.69) is 18.0 Å². The van der Waals surface area contributed by atoms with Crippen molar-refractivity contribution < 1.29 is 9.90 Å². The average Bonchev–Trinajstić information content (AvgIpc) is 2.79. The zero-order valence-electron chi connectivity index (χ0n) is 14.5. The van der Waals surface area contributed by atoms with Crippen LogP contribution in [0.2, 0.25) is 0 Å². The number of carboxylic acids is 1. The summed E-state index contributed by atoms with van der Waals surface area (Å²) in [5.74, 6) is -0.874. The molecule has 1 aromatic carbocycles. The van der Waals surface area contributed by atoms with Gasteiger partial charge in [-0.2, -0.15) is 0 Å². The van der Waals surface area contributed by atoms with Gasteiger partial charge in [-0.25, -0.2) is 4.79 Å². The summed E-state index contributed by atoms with van der Waals surface area (Å²) in [6.07, 6.45) is 5.74. The molecule has 0 radical (unpaired) electrons. The Hall–Kier alpha value is -2.46. The normalized spacial score (nSPS) is 17.6. The van der Waals surface area contributed by atoms with Gasteiger partial charge in [0.1, 0.15) is 0 Å². The van der Waals surface area contributed by atoms with Crippen molar-refractivity contribution >= 4 is 11.5 Å². The fourth-order valence-electron chi connectivity index (χ4n) is 3.92. The average molecular weight is 334 g/mol. The number of rotatable bonds is 1. The van der Waals surface area contributed by atoms with Gasteiger partial charge in [-0.15, -0.1) is 0 Å². The minimum atomic E-state index is -0.874. The van der Waals surface area contributed by atoms with Crippen LogP contribution >= 0.6 is 0 Å². The van der Waals surface area contributed by atoms with E-state index in [1.165, 1.54) is 22.3 Å². The third-order valence-corrected chi connectivity index (χ3v) is 5.36. The number of benzene rings is 1. The molecule has 0 spiro atoms. The number of aryl methyl sites for hydroxylation is 2. The SMILES string of the molecule is CN1CCC(=C2c3cc(C(=O)O)ccc3CCc3cccnc32)CC1. The Kier molecular flexibility index (Phi) is 4.14. The van der Waals surface area contributed by atoms with Crippen molar-refractivity contribution in [1.82, 2.24) is 9.88 Å². The third kappa shape index (κ3) is 2.98. The molecule has 4 rings (SSSR count). The van der Waals surface area contributed by atoms with Gasteiger partial charge in [0, 0.05) is 24.9 Å². The van der Waals surface area contributed by atoms with Gasteiger partial charge in [0.2, 0.25) is 0 Å². The maximum Gasteiger partial charge on any atom is 0.335 e. The standard InChI is InChI=1S/C21H22N2O2/c1-23-11-8-15(9-12-23)19-18-13-17(21(24)25)7-5-14(18)4-6-16-3-2-10-22-20(16)19/h2-3,5,7,10,13H,4,6,8-9,11-12H2,1H3,(H,24,25). The van der Waals surface area contributed by atoms with Gasteiger partial charge in [-0.05, 0) is 67.6 Å². The summed E-state index contributed by atoms with van der Waals surface area (Å²) in [7, 11) is 2.15. The Morgan fingerprint density at radius 3 is 2.60 bits per heavy atom. The Morgan fingerprint density at radius 1 is 1.08 bits per heavy atom. The van der Waals surface area contributed by atoms with E-state index < -0.39 is 5.97 Å². The summed E-state index contributed by atoms with van der Waals surface area (Å²) in [6.45, 7) is 2.07. The molecule has 0 unspecified atom stereocenters. The summed E-state index contributed by atoms with van der Waals surface area (Å²) < 4.78 is 0. The summed E-state index contributed by atoms with van der Waals surface area (Å²) in [5, 5.41) is 9.44. The molecule has 25 heavy (non-hydrogen) atoms. The number of carbonyl (C=O) groups is 1. The van der Waals surface area contributed by atoms with Gasteiger partial charge in [-0.1, -0.05) is 17.7 Å². The van der Waals surface area contributed by atoms with E-state index in [1.807, 2.05) is 24.4 Å². The molecule has 1 aromatic heterocycles. The number of aromatic carboxylic acids is 1. The largest absolute Gasteiger partial charge is 0.478 e. The molecule has 1 fully saturated rings. The Balaban J connectivity index is 1.95. The van der Waals surface area contributed by atoms with E-state index in [4.69, 9.17) is 4.98 Å². The molecule has 2 aromatic rings. The first-order valence-corrected chi connectivity index (χ1v) is 8.85. The van der Waals surface area contributed by atoms with Crippen molar-refractivity contribution in [3.05, 3.63) is 70.0 Å². The lowest BCUT2D eigenvalue weighted by Crippen LogP contribution is -2.27. The van der Waals surface area contributed by atoms with Gasteiger partial charge in [-0.3, -0.25) is 4.98 Å². The lowest BCUT2D eigenvalue weighted by Gasteiger charge is -2.27. The predicted molar refractivity (Wildman–Crippen MR) is 97.8 cm³/mol. The smallest absolute Gasteiger partial charge is 0.335 e. The van der Waals surface area contributed by atoms with Crippen molar-refractivity contribution in [3.63, 3.8) is 0 Å². The zero-order valence-corrected chi connectivity index (χ0v) is 14.5. The van der Waals surface area contributed by atoms with E-state index >= 15 is 0 Å². The number of likely N-dealkylation sites (tertiary alicyclic amines) is 1. The highest BCUT2D eigenvalue weighted by molar-refractivity contribution is 5.92. The van der Waals surface area contributed by atoms with Gasteiger partial charge in [0.15, 0.2) is 0 Å². The van der Waals surface area contributed by atoms with Crippen LogP contribution in [0.25, 0.3) is 5.57 Å². The van der Waals surface area contributed by atoms with E-state index in [0.717, 1.165) is 50.0 Å². The molecule has 1 aliphatic carbocycles. The highest BCUT2D eigenvalue weighted by Gasteiger charge is 2.25. The summed E-state index contributed by atoms with van der Waals surface area (Å²) >= 11 is 0. The van der Waals surface area contributed by atoms with Crippen LogP contribution in [0.4, 0.5) is 0 Å². The molecule has 1 aliphatic heterocycles. The van der Waals surface area contributed by atoms with Crippen molar-refractivity contribution in [2.75, 3.05) is 20.1 Å². The van der Waals surface area contributed by atoms with Gasteiger partial charge in [0.05, 0.1) is 11.3 Å². The second-order valence-electron chi connectivity index (χ2n) is 6.97. The van der Waals surface area contributed by atoms with E-state index in [9.17, 15) is 9.90 Å². The highest BCUT2D eigenvalue weighted by atomic mass is 16.4. The molecular weight excluding hydrogens is 312 g/mol. The minimum absolute atomic E-state index is 0.351. The number of fused-ring (bicyclic) bond motifs is 2. The van der Waals surface area contributed by atoms with E-state index in [0.29, 0.717) is 5.56 Å². The molecule has 2 heterocycles. The van der Waals surface area contributed by atoms with Crippen LogP contribution in [0.1, 0.15) is 45.6 Å². The molecule has 4 nitrogen and oxygen atoms in total. The lowest BCUT2D eigenvalue weighted by atomic mass is 9.88. The monoisotopic (exact) mass is 334 g/mol. The first-order chi connectivity index (χ1) is 12.1. The molecule has 0 amide bonds. The first-order valence-electron chi connectivity index (χ1n) is 8.85. The molecular formula is C21H22N2O2. The Labute approximate surface area is 147 Å². The van der Waals surface area contributed by atoms with Crippen molar-refractivity contribution in [2.45, 2.75) is 25.7 Å². The van der Waals surface area contributed by atoms with Crippen LogP contribution in [-0.4, -0.2) is 41.1 Å².